The van der Waals surface area contributed by atoms with Gasteiger partial charge in [0.15, 0.2) is 5.82 Å². The van der Waals surface area contributed by atoms with E-state index >= 15 is 0 Å². The van der Waals surface area contributed by atoms with Crippen LogP contribution in [0.3, 0.4) is 0 Å². The lowest BCUT2D eigenvalue weighted by atomic mass is 10.1. The SMILES string of the molecule is CNC[C@@H](O)COc1cccc(-c2nc(NC3CCOCC3)cc(-c3c(C)noc3C)n2)c1. The largest absolute Gasteiger partial charge is 0.491 e. The number of hydrogen-bond acceptors (Lipinski definition) is 9. The summed E-state index contributed by atoms with van der Waals surface area (Å²) in [6, 6.07) is 9.82. The molecular formula is C24H31N5O4. The second kappa shape index (κ2) is 10.7. The molecule has 1 aromatic carbocycles. The second-order valence-corrected chi connectivity index (χ2v) is 8.24. The summed E-state index contributed by atoms with van der Waals surface area (Å²) < 4.78 is 16.6. The van der Waals surface area contributed by atoms with Crippen molar-refractivity contribution in [3.63, 3.8) is 0 Å². The third kappa shape index (κ3) is 5.87. The molecule has 0 aliphatic carbocycles. The number of nitrogens with zero attached hydrogens (tertiary/aromatic N) is 3. The Kier molecular flexibility index (Phi) is 7.54. The average Bonchev–Trinajstić information content (AvgIpc) is 3.16. The van der Waals surface area contributed by atoms with Crippen LogP contribution in [-0.4, -0.2) is 65.8 Å². The maximum atomic E-state index is 9.94. The molecule has 0 amide bonds. The third-order valence-electron chi connectivity index (χ3n) is 5.56. The maximum Gasteiger partial charge on any atom is 0.162 e. The Balaban J connectivity index is 1.66. The quantitative estimate of drug-likeness (QED) is 0.450. The van der Waals surface area contributed by atoms with E-state index in [0.29, 0.717) is 29.9 Å². The zero-order valence-corrected chi connectivity index (χ0v) is 19.3. The van der Waals surface area contributed by atoms with Crippen molar-refractivity contribution < 1.29 is 19.1 Å². The van der Waals surface area contributed by atoms with Gasteiger partial charge < -0.3 is 29.7 Å². The van der Waals surface area contributed by atoms with Crippen LogP contribution in [-0.2, 0) is 4.74 Å². The van der Waals surface area contributed by atoms with Crippen molar-refractivity contribution in [1.82, 2.24) is 20.4 Å². The molecule has 3 heterocycles. The van der Waals surface area contributed by atoms with Crippen molar-refractivity contribution >= 4 is 5.82 Å². The molecule has 0 radical (unpaired) electrons. The van der Waals surface area contributed by atoms with Gasteiger partial charge in [0.2, 0.25) is 0 Å². The number of nitrogens with one attached hydrogen (secondary N) is 2. The Hall–Kier alpha value is -3.01. The normalized spacial score (nSPS) is 15.4. The Labute approximate surface area is 193 Å². The van der Waals surface area contributed by atoms with Crippen LogP contribution in [0.2, 0.25) is 0 Å². The van der Waals surface area contributed by atoms with E-state index in [2.05, 4.69) is 15.8 Å². The number of benzene rings is 1. The van der Waals surface area contributed by atoms with Gasteiger partial charge in [0.05, 0.1) is 17.0 Å². The minimum absolute atomic E-state index is 0.195. The predicted octanol–water partition coefficient (Wildman–Crippen LogP) is 2.97. The molecular weight excluding hydrogens is 422 g/mol. The Morgan fingerprint density at radius 2 is 2.00 bits per heavy atom. The fourth-order valence-electron chi connectivity index (χ4n) is 3.89. The molecule has 0 spiro atoms. The number of anilines is 1. The summed E-state index contributed by atoms with van der Waals surface area (Å²) in [4.78, 5) is 9.64. The summed E-state index contributed by atoms with van der Waals surface area (Å²) in [7, 11) is 1.79. The molecule has 9 nitrogen and oxygen atoms in total. The van der Waals surface area contributed by atoms with E-state index in [4.69, 9.17) is 24.0 Å². The molecule has 3 aromatic rings. The first-order valence-corrected chi connectivity index (χ1v) is 11.3. The van der Waals surface area contributed by atoms with Crippen LogP contribution in [0.25, 0.3) is 22.6 Å². The highest BCUT2D eigenvalue weighted by atomic mass is 16.5. The van der Waals surface area contributed by atoms with Crippen molar-refractivity contribution in [3.8, 4) is 28.4 Å². The Bertz CT molecular complexity index is 1050. The van der Waals surface area contributed by atoms with Gasteiger partial charge in [-0.25, -0.2) is 9.97 Å². The van der Waals surface area contributed by atoms with Crippen molar-refractivity contribution in [2.24, 2.45) is 0 Å². The first-order chi connectivity index (χ1) is 16.0. The number of aromatic nitrogens is 3. The van der Waals surface area contributed by atoms with Gasteiger partial charge >= 0.3 is 0 Å². The van der Waals surface area contributed by atoms with E-state index in [-0.39, 0.29) is 6.61 Å². The summed E-state index contributed by atoms with van der Waals surface area (Å²) >= 11 is 0. The zero-order valence-electron chi connectivity index (χ0n) is 19.3. The number of aryl methyl sites for hydroxylation is 2. The molecule has 0 unspecified atom stereocenters. The molecule has 33 heavy (non-hydrogen) atoms. The summed E-state index contributed by atoms with van der Waals surface area (Å²) in [5.41, 5.74) is 3.22. The molecule has 9 heteroatoms. The molecule has 1 atom stereocenters. The van der Waals surface area contributed by atoms with Crippen LogP contribution in [0.1, 0.15) is 24.3 Å². The molecule has 1 aliphatic heterocycles. The topological polar surface area (TPSA) is 115 Å². The monoisotopic (exact) mass is 453 g/mol. The van der Waals surface area contributed by atoms with Crippen LogP contribution in [0.5, 0.6) is 5.75 Å². The number of ether oxygens (including phenoxy) is 2. The van der Waals surface area contributed by atoms with E-state index in [1.165, 1.54) is 0 Å². The van der Waals surface area contributed by atoms with Crippen molar-refractivity contribution in [3.05, 3.63) is 41.8 Å². The van der Waals surface area contributed by atoms with E-state index in [1.807, 2.05) is 44.2 Å². The number of likely N-dealkylation sites (N-methyl/N-ethyl adjacent to an activating group) is 1. The minimum atomic E-state index is -0.590. The number of rotatable bonds is 9. The Morgan fingerprint density at radius 1 is 1.18 bits per heavy atom. The first-order valence-electron chi connectivity index (χ1n) is 11.3. The summed E-state index contributed by atoms with van der Waals surface area (Å²) in [6.45, 7) is 5.93. The summed E-state index contributed by atoms with van der Waals surface area (Å²) in [6.07, 6.45) is 1.27. The van der Waals surface area contributed by atoms with Gasteiger partial charge in [-0.1, -0.05) is 17.3 Å². The van der Waals surface area contributed by atoms with Crippen LogP contribution in [0.15, 0.2) is 34.9 Å². The molecule has 1 fully saturated rings. The first kappa shape index (κ1) is 23.2. The van der Waals surface area contributed by atoms with Gasteiger partial charge in [-0.15, -0.1) is 0 Å². The van der Waals surface area contributed by atoms with Crippen molar-refractivity contribution in [2.75, 3.05) is 38.7 Å². The number of aliphatic hydroxyl groups excluding tert-OH is 1. The Morgan fingerprint density at radius 3 is 2.73 bits per heavy atom. The summed E-state index contributed by atoms with van der Waals surface area (Å²) in [5.74, 6) is 2.68. The minimum Gasteiger partial charge on any atom is -0.491 e. The smallest absolute Gasteiger partial charge is 0.162 e. The lowest BCUT2D eigenvalue weighted by Gasteiger charge is -2.24. The van der Waals surface area contributed by atoms with Crippen LogP contribution >= 0.6 is 0 Å². The number of hydrogen-bond donors (Lipinski definition) is 3. The fraction of sp³-hybridized carbons (Fsp3) is 0.458. The highest BCUT2D eigenvalue weighted by molar-refractivity contribution is 5.70. The lowest BCUT2D eigenvalue weighted by Crippen LogP contribution is -2.29. The summed E-state index contributed by atoms with van der Waals surface area (Å²) in [5, 5.41) is 20.5. The van der Waals surface area contributed by atoms with Crippen LogP contribution in [0.4, 0.5) is 5.82 Å². The van der Waals surface area contributed by atoms with Gasteiger partial charge in [0.25, 0.3) is 0 Å². The highest BCUT2D eigenvalue weighted by Gasteiger charge is 2.19. The van der Waals surface area contributed by atoms with Crippen LogP contribution in [0, 0.1) is 13.8 Å². The predicted molar refractivity (Wildman–Crippen MR) is 125 cm³/mol. The maximum absolute atomic E-state index is 9.94. The fourth-order valence-corrected chi connectivity index (χ4v) is 3.89. The zero-order chi connectivity index (χ0) is 23.2. The standard InChI is InChI=1S/C24H31N5O4/c1-15-23(16(2)33-29-15)21-12-22(26-18-7-9-31-10-8-18)28-24(27-21)17-5-4-6-20(11-17)32-14-19(30)13-25-3/h4-6,11-12,18-19,25,30H,7-10,13-14H2,1-3H3,(H,26,27,28)/t19-/m1/s1. The second-order valence-electron chi connectivity index (χ2n) is 8.24. The number of aliphatic hydroxyl groups is 1. The van der Waals surface area contributed by atoms with E-state index in [9.17, 15) is 5.11 Å². The highest BCUT2D eigenvalue weighted by Crippen LogP contribution is 2.30. The van der Waals surface area contributed by atoms with Gasteiger partial charge in [0.1, 0.15) is 30.0 Å². The van der Waals surface area contributed by atoms with E-state index < -0.39 is 6.10 Å². The lowest BCUT2D eigenvalue weighted by molar-refractivity contribution is 0.0904. The van der Waals surface area contributed by atoms with Gasteiger partial charge in [-0.3, -0.25) is 0 Å². The molecule has 176 valence electrons. The molecule has 1 saturated heterocycles. The van der Waals surface area contributed by atoms with E-state index in [1.54, 1.807) is 7.05 Å². The van der Waals surface area contributed by atoms with Gasteiger partial charge in [-0.05, 0) is 45.9 Å². The van der Waals surface area contributed by atoms with Crippen molar-refractivity contribution in [1.29, 1.82) is 0 Å². The van der Waals surface area contributed by atoms with Crippen LogP contribution < -0.4 is 15.4 Å². The molecule has 2 aromatic heterocycles. The molecule has 3 N–H and O–H groups in total. The molecule has 0 saturated carbocycles. The van der Waals surface area contributed by atoms with Gasteiger partial charge in [-0.2, -0.15) is 0 Å². The molecule has 4 rings (SSSR count). The average molecular weight is 454 g/mol. The van der Waals surface area contributed by atoms with E-state index in [0.717, 1.165) is 54.4 Å². The van der Waals surface area contributed by atoms with Crippen molar-refractivity contribution in [2.45, 2.75) is 38.8 Å². The molecule has 0 bridgehead atoms. The third-order valence-corrected chi connectivity index (χ3v) is 5.56. The van der Waals surface area contributed by atoms with Gasteiger partial charge in [0, 0.05) is 37.4 Å². The molecule has 1 aliphatic rings.